The molecule has 0 aromatic rings. The molecular formula is C14H27N3O3. The van der Waals surface area contributed by atoms with E-state index in [-0.39, 0.29) is 18.2 Å². The molecular weight excluding hydrogens is 258 g/mol. The van der Waals surface area contributed by atoms with Crippen LogP contribution in [0.3, 0.4) is 0 Å². The molecule has 1 heterocycles. The summed E-state index contributed by atoms with van der Waals surface area (Å²) in [4.78, 5) is 24.9. The van der Waals surface area contributed by atoms with Gasteiger partial charge in [-0.2, -0.15) is 0 Å². The van der Waals surface area contributed by atoms with Crippen molar-refractivity contribution in [2.75, 3.05) is 26.2 Å². The van der Waals surface area contributed by atoms with E-state index in [1.165, 1.54) is 0 Å². The maximum absolute atomic E-state index is 11.7. The Bertz CT molecular complexity index is 302. The van der Waals surface area contributed by atoms with Gasteiger partial charge in [-0.25, -0.2) is 9.59 Å². The lowest BCUT2D eigenvalue weighted by atomic mass is 10.1. The van der Waals surface area contributed by atoms with Crippen molar-refractivity contribution in [3.8, 4) is 0 Å². The van der Waals surface area contributed by atoms with Crippen LogP contribution in [0.25, 0.3) is 0 Å². The Morgan fingerprint density at radius 1 is 1.20 bits per heavy atom. The van der Waals surface area contributed by atoms with Crippen molar-refractivity contribution in [2.45, 2.75) is 52.0 Å². The number of unbranched alkanes of at least 4 members (excludes halogenated alkanes) is 2. The zero-order valence-electron chi connectivity index (χ0n) is 12.6. The Labute approximate surface area is 121 Å². The van der Waals surface area contributed by atoms with Crippen LogP contribution in [0.1, 0.15) is 46.0 Å². The first-order valence-electron chi connectivity index (χ1n) is 7.63. The van der Waals surface area contributed by atoms with E-state index in [9.17, 15) is 9.59 Å². The fraction of sp³-hybridized carbons (Fsp3) is 0.857. The van der Waals surface area contributed by atoms with Crippen molar-refractivity contribution in [3.63, 3.8) is 0 Å². The second-order valence-electron chi connectivity index (χ2n) is 5.07. The van der Waals surface area contributed by atoms with Gasteiger partial charge in [0.2, 0.25) is 0 Å². The molecule has 1 aliphatic heterocycles. The van der Waals surface area contributed by atoms with Crippen LogP contribution >= 0.6 is 0 Å². The number of likely N-dealkylation sites (tertiary alicyclic amines) is 1. The van der Waals surface area contributed by atoms with E-state index in [1.807, 2.05) is 0 Å². The average molecular weight is 285 g/mol. The molecule has 6 nitrogen and oxygen atoms in total. The van der Waals surface area contributed by atoms with Crippen molar-refractivity contribution in [2.24, 2.45) is 0 Å². The van der Waals surface area contributed by atoms with Gasteiger partial charge in [-0.1, -0.05) is 19.8 Å². The average Bonchev–Trinajstić information content (AvgIpc) is 2.45. The first kappa shape index (κ1) is 16.6. The summed E-state index contributed by atoms with van der Waals surface area (Å²) in [6, 6.07) is 0.0440. The van der Waals surface area contributed by atoms with Gasteiger partial charge in [-0.3, -0.25) is 0 Å². The predicted octanol–water partition coefficient (Wildman–Crippen LogP) is 2.10. The summed E-state index contributed by atoms with van der Waals surface area (Å²) in [5, 5.41) is 5.82. The van der Waals surface area contributed by atoms with Gasteiger partial charge in [0.05, 0.1) is 6.61 Å². The van der Waals surface area contributed by atoms with E-state index in [2.05, 4.69) is 17.6 Å². The van der Waals surface area contributed by atoms with Crippen LogP contribution in [0.4, 0.5) is 9.59 Å². The highest BCUT2D eigenvalue weighted by atomic mass is 16.6. The molecule has 0 radical (unpaired) electrons. The van der Waals surface area contributed by atoms with E-state index in [1.54, 1.807) is 11.8 Å². The number of nitrogens with one attached hydrogen (secondary N) is 2. The highest BCUT2D eigenvalue weighted by molar-refractivity contribution is 5.74. The summed E-state index contributed by atoms with van der Waals surface area (Å²) in [5.74, 6) is 0. The lowest BCUT2D eigenvalue weighted by Gasteiger charge is -2.31. The fourth-order valence-electron chi connectivity index (χ4n) is 2.23. The molecule has 2 N–H and O–H groups in total. The summed E-state index contributed by atoms with van der Waals surface area (Å²) in [6.07, 6.45) is 4.61. The number of carbonyl (C=O) groups excluding carboxylic acids is 2. The molecule has 0 bridgehead atoms. The molecule has 0 atom stereocenters. The minimum Gasteiger partial charge on any atom is -0.450 e. The minimum absolute atomic E-state index is 0.101. The molecule has 6 heteroatoms. The highest BCUT2D eigenvalue weighted by Gasteiger charge is 2.24. The third-order valence-electron chi connectivity index (χ3n) is 3.42. The number of hydrogen-bond donors (Lipinski definition) is 2. The van der Waals surface area contributed by atoms with Crippen molar-refractivity contribution in [1.29, 1.82) is 0 Å². The van der Waals surface area contributed by atoms with Crippen LogP contribution in [0.2, 0.25) is 0 Å². The highest BCUT2D eigenvalue weighted by Crippen LogP contribution is 2.11. The summed E-state index contributed by atoms with van der Waals surface area (Å²) in [7, 11) is 0. The molecule has 0 saturated carbocycles. The van der Waals surface area contributed by atoms with Crippen molar-refractivity contribution in [3.05, 3.63) is 0 Å². The molecule has 0 aromatic heterocycles. The van der Waals surface area contributed by atoms with Crippen LogP contribution in [0.15, 0.2) is 0 Å². The molecule has 0 spiro atoms. The van der Waals surface area contributed by atoms with E-state index in [0.717, 1.165) is 38.6 Å². The molecule has 0 aliphatic carbocycles. The Morgan fingerprint density at radius 3 is 2.50 bits per heavy atom. The van der Waals surface area contributed by atoms with Crippen molar-refractivity contribution in [1.82, 2.24) is 15.5 Å². The lowest BCUT2D eigenvalue weighted by molar-refractivity contribution is 0.0957. The number of ether oxygens (including phenoxy) is 1. The molecule has 1 aliphatic rings. The number of nitrogens with zero attached hydrogens (tertiary/aromatic N) is 1. The van der Waals surface area contributed by atoms with Crippen LogP contribution in [-0.4, -0.2) is 49.3 Å². The summed E-state index contributed by atoms with van der Waals surface area (Å²) < 4.78 is 4.96. The van der Waals surface area contributed by atoms with E-state index in [4.69, 9.17) is 4.74 Å². The van der Waals surface area contributed by atoms with Gasteiger partial charge in [0, 0.05) is 25.7 Å². The van der Waals surface area contributed by atoms with Crippen LogP contribution in [-0.2, 0) is 4.74 Å². The second-order valence-corrected chi connectivity index (χ2v) is 5.07. The maximum atomic E-state index is 11.7. The van der Waals surface area contributed by atoms with Gasteiger partial charge < -0.3 is 20.3 Å². The monoisotopic (exact) mass is 285 g/mol. The molecule has 0 unspecified atom stereocenters. The number of amides is 3. The van der Waals surface area contributed by atoms with Gasteiger partial charge in [-0.15, -0.1) is 0 Å². The standard InChI is InChI=1S/C14H27N3O3/c1-3-5-6-9-15-13(18)16-12-7-10-17(11-8-12)14(19)20-4-2/h12H,3-11H2,1-2H3,(H2,15,16,18). The Morgan fingerprint density at radius 2 is 1.90 bits per heavy atom. The number of carbonyl (C=O) groups is 2. The van der Waals surface area contributed by atoms with Gasteiger partial charge in [0.1, 0.15) is 0 Å². The molecule has 0 aromatic carbocycles. The zero-order chi connectivity index (χ0) is 14.8. The van der Waals surface area contributed by atoms with Crippen molar-refractivity contribution < 1.29 is 14.3 Å². The topological polar surface area (TPSA) is 70.7 Å². The summed E-state index contributed by atoms with van der Waals surface area (Å²) >= 11 is 0. The number of rotatable bonds is 6. The lowest BCUT2D eigenvalue weighted by Crippen LogP contribution is -2.49. The van der Waals surface area contributed by atoms with Gasteiger partial charge in [0.15, 0.2) is 0 Å². The molecule has 1 fully saturated rings. The summed E-state index contributed by atoms with van der Waals surface area (Å²) in [5.41, 5.74) is 0. The molecule has 1 saturated heterocycles. The number of piperidine rings is 1. The summed E-state index contributed by atoms with van der Waals surface area (Å²) in [6.45, 7) is 6.34. The van der Waals surface area contributed by atoms with Crippen molar-refractivity contribution >= 4 is 12.1 Å². The molecule has 1 rings (SSSR count). The van der Waals surface area contributed by atoms with E-state index in [0.29, 0.717) is 19.7 Å². The van der Waals surface area contributed by atoms with E-state index >= 15 is 0 Å². The first-order chi connectivity index (χ1) is 9.67. The van der Waals surface area contributed by atoms with E-state index < -0.39 is 0 Å². The van der Waals surface area contributed by atoms with Gasteiger partial charge in [0.25, 0.3) is 0 Å². The SMILES string of the molecule is CCCCCNC(=O)NC1CCN(C(=O)OCC)CC1. The fourth-order valence-corrected chi connectivity index (χ4v) is 2.23. The quantitative estimate of drug-likeness (QED) is 0.734. The zero-order valence-corrected chi connectivity index (χ0v) is 12.6. The van der Waals surface area contributed by atoms with Crippen LogP contribution in [0, 0.1) is 0 Å². The van der Waals surface area contributed by atoms with Crippen LogP contribution < -0.4 is 10.6 Å². The van der Waals surface area contributed by atoms with Gasteiger partial charge in [-0.05, 0) is 26.2 Å². The predicted molar refractivity (Wildman–Crippen MR) is 77.7 cm³/mol. The van der Waals surface area contributed by atoms with Gasteiger partial charge >= 0.3 is 12.1 Å². The largest absolute Gasteiger partial charge is 0.450 e. The smallest absolute Gasteiger partial charge is 0.409 e. The van der Waals surface area contributed by atoms with Crippen LogP contribution in [0.5, 0.6) is 0 Å². The normalized spacial score (nSPS) is 15.8. The number of hydrogen-bond acceptors (Lipinski definition) is 3. The molecule has 20 heavy (non-hydrogen) atoms. The number of urea groups is 1. The molecule has 116 valence electrons. The maximum Gasteiger partial charge on any atom is 0.409 e. The Kier molecular flexibility index (Phi) is 7.84. The Balaban J connectivity index is 2.15. The Hall–Kier alpha value is -1.46. The minimum atomic E-state index is -0.255. The third kappa shape index (κ3) is 6.12. The first-order valence-corrected chi connectivity index (χ1v) is 7.63. The third-order valence-corrected chi connectivity index (χ3v) is 3.42. The molecule has 3 amide bonds. The second kappa shape index (κ2) is 9.44.